The van der Waals surface area contributed by atoms with Crippen molar-refractivity contribution < 1.29 is 5.11 Å². The van der Waals surface area contributed by atoms with E-state index in [2.05, 4.69) is 63.9 Å². The summed E-state index contributed by atoms with van der Waals surface area (Å²) in [5.41, 5.74) is 2.55. The summed E-state index contributed by atoms with van der Waals surface area (Å²) in [4.78, 5) is 2.20. The molecule has 0 bridgehead atoms. The monoisotopic (exact) mass is 249 g/mol. The lowest BCUT2D eigenvalue weighted by molar-refractivity contribution is 0.165. The topological polar surface area (TPSA) is 23.5 Å². The highest BCUT2D eigenvalue weighted by molar-refractivity contribution is 5.47. The molecule has 102 valence electrons. The maximum Gasteiger partial charge on any atom is 0.0499 e. The Morgan fingerprint density at radius 2 is 1.78 bits per heavy atom. The molecule has 0 amide bonds. The second kappa shape index (κ2) is 6.24. The van der Waals surface area contributed by atoms with Crippen molar-refractivity contribution in [2.45, 2.75) is 40.0 Å². The molecule has 1 N–H and O–H groups in total. The number of rotatable bonds is 6. The molecular weight excluding hydrogens is 222 g/mol. The normalized spacial score (nSPS) is 13.4. The van der Waals surface area contributed by atoms with Gasteiger partial charge in [0, 0.05) is 31.3 Å². The van der Waals surface area contributed by atoms with Gasteiger partial charge in [-0.1, -0.05) is 39.8 Å². The number of nitrogens with zero attached hydrogens (tertiary/aromatic N) is 1. The van der Waals surface area contributed by atoms with E-state index in [-0.39, 0.29) is 12.0 Å². The van der Waals surface area contributed by atoms with Crippen molar-refractivity contribution in [3.05, 3.63) is 29.8 Å². The summed E-state index contributed by atoms with van der Waals surface area (Å²) in [5.74, 6) is 0.623. The smallest absolute Gasteiger partial charge is 0.0499 e. The highest BCUT2D eigenvalue weighted by atomic mass is 16.3. The molecule has 1 unspecified atom stereocenters. The van der Waals surface area contributed by atoms with E-state index < -0.39 is 0 Å². The highest BCUT2D eigenvalue weighted by Gasteiger charge is 2.19. The molecular formula is C16H27NO. The van der Waals surface area contributed by atoms with E-state index >= 15 is 0 Å². The van der Waals surface area contributed by atoms with Gasteiger partial charge in [0.15, 0.2) is 0 Å². The van der Waals surface area contributed by atoms with Crippen LogP contribution in [-0.2, 0) is 0 Å². The van der Waals surface area contributed by atoms with Gasteiger partial charge < -0.3 is 10.0 Å². The Bertz CT molecular complexity index is 356. The fraction of sp³-hybridized carbons (Fsp3) is 0.625. The molecule has 2 heteroatoms. The minimum Gasteiger partial charge on any atom is -0.396 e. The van der Waals surface area contributed by atoms with Crippen molar-refractivity contribution in [3.8, 4) is 0 Å². The third-order valence-electron chi connectivity index (χ3n) is 3.61. The molecule has 2 nitrogen and oxygen atoms in total. The van der Waals surface area contributed by atoms with Crippen LogP contribution in [0.15, 0.2) is 24.3 Å². The SMILES string of the molecule is CCC(C)c1ccc(N(C)CC(C)(C)CO)cc1. The number of aliphatic hydroxyl groups is 1. The molecule has 1 aromatic rings. The molecule has 0 aromatic heterocycles. The van der Waals surface area contributed by atoms with Crippen molar-refractivity contribution in [1.29, 1.82) is 0 Å². The highest BCUT2D eigenvalue weighted by Crippen LogP contribution is 2.24. The van der Waals surface area contributed by atoms with E-state index in [1.54, 1.807) is 0 Å². The first-order chi connectivity index (χ1) is 8.39. The summed E-state index contributed by atoms with van der Waals surface area (Å²) < 4.78 is 0. The minimum atomic E-state index is -0.0653. The van der Waals surface area contributed by atoms with Crippen molar-refractivity contribution in [1.82, 2.24) is 0 Å². The Labute approximate surface area is 112 Å². The second-order valence-corrected chi connectivity index (χ2v) is 6.08. The zero-order chi connectivity index (χ0) is 13.8. The van der Waals surface area contributed by atoms with Crippen LogP contribution in [0.3, 0.4) is 0 Å². The van der Waals surface area contributed by atoms with Crippen LogP contribution in [0.5, 0.6) is 0 Å². The van der Waals surface area contributed by atoms with Crippen LogP contribution in [-0.4, -0.2) is 25.3 Å². The summed E-state index contributed by atoms with van der Waals surface area (Å²) >= 11 is 0. The minimum absolute atomic E-state index is 0.0653. The number of hydrogen-bond acceptors (Lipinski definition) is 2. The third-order valence-corrected chi connectivity index (χ3v) is 3.61. The molecule has 1 rings (SSSR count). The van der Waals surface area contributed by atoms with E-state index in [0.717, 1.165) is 6.54 Å². The average Bonchev–Trinajstić information content (AvgIpc) is 2.37. The fourth-order valence-electron chi connectivity index (χ4n) is 2.08. The van der Waals surface area contributed by atoms with E-state index in [1.807, 2.05) is 0 Å². The number of benzene rings is 1. The standard InChI is InChI=1S/C16H27NO/c1-6-13(2)14-7-9-15(10-8-14)17(5)11-16(3,4)12-18/h7-10,13,18H,6,11-12H2,1-5H3. The van der Waals surface area contributed by atoms with Crippen LogP contribution in [0.4, 0.5) is 5.69 Å². The van der Waals surface area contributed by atoms with Crippen molar-refractivity contribution in [2.75, 3.05) is 25.1 Å². The molecule has 1 aromatic carbocycles. The average molecular weight is 249 g/mol. The lowest BCUT2D eigenvalue weighted by Gasteiger charge is -2.30. The molecule has 0 aliphatic heterocycles. The van der Waals surface area contributed by atoms with Gasteiger partial charge in [-0.25, -0.2) is 0 Å². The van der Waals surface area contributed by atoms with Gasteiger partial charge in [0.2, 0.25) is 0 Å². The van der Waals surface area contributed by atoms with E-state index in [9.17, 15) is 5.11 Å². The predicted octanol–water partition coefficient (Wildman–Crippen LogP) is 3.65. The maximum absolute atomic E-state index is 9.31. The van der Waals surface area contributed by atoms with E-state index in [0.29, 0.717) is 5.92 Å². The van der Waals surface area contributed by atoms with Crippen molar-refractivity contribution in [3.63, 3.8) is 0 Å². The molecule has 0 fully saturated rings. The Balaban J connectivity index is 2.73. The zero-order valence-electron chi connectivity index (χ0n) is 12.4. The molecule has 0 radical (unpaired) electrons. The van der Waals surface area contributed by atoms with Crippen LogP contribution in [0.1, 0.15) is 45.6 Å². The van der Waals surface area contributed by atoms with Crippen LogP contribution in [0.25, 0.3) is 0 Å². The summed E-state index contributed by atoms with van der Waals surface area (Å²) in [6.45, 7) is 9.70. The van der Waals surface area contributed by atoms with Gasteiger partial charge in [0.1, 0.15) is 0 Å². The van der Waals surface area contributed by atoms with Gasteiger partial charge in [-0.15, -0.1) is 0 Å². The Kier molecular flexibility index (Phi) is 5.21. The molecule has 0 aliphatic carbocycles. The van der Waals surface area contributed by atoms with Gasteiger partial charge in [-0.3, -0.25) is 0 Å². The molecule has 0 heterocycles. The first kappa shape index (κ1) is 15.0. The van der Waals surface area contributed by atoms with Gasteiger partial charge >= 0.3 is 0 Å². The summed E-state index contributed by atoms with van der Waals surface area (Å²) in [5, 5.41) is 9.31. The molecule has 0 aliphatic rings. The Morgan fingerprint density at radius 3 is 2.22 bits per heavy atom. The lowest BCUT2D eigenvalue weighted by Crippen LogP contribution is -2.33. The molecule has 0 saturated carbocycles. The summed E-state index contributed by atoms with van der Waals surface area (Å²) in [6.07, 6.45) is 1.17. The Hall–Kier alpha value is -1.02. The lowest BCUT2D eigenvalue weighted by atomic mass is 9.94. The van der Waals surface area contributed by atoms with Gasteiger partial charge in [-0.05, 0) is 30.0 Å². The van der Waals surface area contributed by atoms with Crippen LogP contribution in [0, 0.1) is 5.41 Å². The molecule has 18 heavy (non-hydrogen) atoms. The van der Waals surface area contributed by atoms with E-state index in [4.69, 9.17) is 0 Å². The molecule has 0 spiro atoms. The van der Waals surface area contributed by atoms with Gasteiger partial charge in [-0.2, -0.15) is 0 Å². The van der Waals surface area contributed by atoms with Gasteiger partial charge in [0.25, 0.3) is 0 Å². The van der Waals surface area contributed by atoms with Crippen LogP contribution < -0.4 is 4.90 Å². The first-order valence-corrected chi connectivity index (χ1v) is 6.81. The quantitative estimate of drug-likeness (QED) is 0.831. The largest absolute Gasteiger partial charge is 0.396 e. The third kappa shape index (κ3) is 4.02. The van der Waals surface area contributed by atoms with Crippen molar-refractivity contribution in [2.24, 2.45) is 5.41 Å². The fourth-order valence-corrected chi connectivity index (χ4v) is 2.08. The molecule has 1 atom stereocenters. The van der Waals surface area contributed by atoms with Crippen LogP contribution in [0.2, 0.25) is 0 Å². The second-order valence-electron chi connectivity index (χ2n) is 6.08. The van der Waals surface area contributed by atoms with E-state index in [1.165, 1.54) is 17.7 Å². The summed E-state index contributed by atoms with van der Waals surface area (Å²) in [6, 6.07) is 8.78. The first-order valence-electron chi connectivity index (χ1n) is 6.81. The van der Waals surface area contributed by atoms with Crippen LogP contribution >= 0.6 is 0 Å². The summed E-state index contributed by atoms with van der Waals surface area (Å²) in [7, 11) is 2.08. The zero-order valence-corrected chi connectivity index (χ0v) is 12.4. The maximum atomic E-state index is 9.31. The predicted molar refractivity (Wildman–Crippen MR) is 79.3 cm³/mol. The van der Waals surface area contributed by atoms with Gasteiger partial charge in [0.05, 0.1) is 0 Å². The number of hydrogen-bond donors (Lipinski definition) is 1. The molecule has 0 saturated heterocycles. The van der Waals surface area contributed by atoms with Crippen molar-refractivity contribution >= 4 is 5.69 Å². The number of anilines is 1. The number of aliphatic hydroxyl groups excluding tert-OH is 1. The Morgan fingerprint density at radius 1 is 1.22 bits per heavy atom.